The summed E-state index contributed by atoms with van der Waals surface area (Å²) in [6.45, 7) is 11.1. The van der Waals surface area contributed by atoms with E-state index in [1.54, 1.807) is 14.2 Å². The van der Waals surface area contributed by atoms with Crippen molar-refractivity contribution in [3.05, 3.63) is 29.3 Å². The SMILES string of the molecule is CCCC[C@@H](C)N(CC(OC)OC)C(=O)CCOCCc1ccc(O)c(C2CCN(CC)CC2)c1. The largest absolute Gasteiger partial charge is 0.508 e. The van der Waals surface area contributed by atoms with Crippen LogP contribution in [0.3, 0.4) is 0 Å². The summed E-state index contributed by atoms with van der Waals surface area (Å²) < 4.78 is 16.5. The topological polar surface area (TPSA) is 71.5 Å². The van der Waals surface area contributed by atoms with Gasteiger partial charge in [-0.1, -0.05) is 38.8 Å². The third-order valence-electron chi connectivity index (χ3n) is 7.26. The molecule has 200 valence electrons. The van der Waals surface area contributed by atoms with Crippen LogP contribution in [-0.2, 0) is 25.4 Å². The Labute approximate surface area is 212 Å². The van der Waals surface area contributed by atoms with Gasteiger partial charge in [0, 0.05) is 20.3 Å². The van der Waals surface area contributed by atoms with Gasteiger partial charge in [-0.2, -0.15) is 0 Å². The van der Waals surface area contributed by atoms with Crippen molar-refractivity contribution < 1.29 is 24.1 Å². The molecule has 1 aromatic carbocycles. The number of unbranched alkanes of at least 4 members (excludes halogenated alkanes) is 1. The zero-order chi connectivity index (χ0) is 25.6. The Balaban J connectivity index is 1.82. The zero-order valence-corrected chi connectivity index (χ0v) is 22.6. The summed E-state index contributed by atoms with van der Waals surface area (Å²) in [7, 11) is 3.19. The van der Waals surface area contributed by atoms with Crippen LogP contribution in [-0.4, -0.2) is 86.8 Å². The summed E-state index contributed by atoms with van der Waals surface area (Å²) in [5.41, 5.74) is 2.23. The lowest BCUT2D eigenvalue weighted by molar-refractivity contribution is -0.150. The third-order valence-corrected chi connectivity index (χ3v) is 7.26. The number of methoxy groups -OCH3 is 2. The number of hydrogen-bond acceptors (Lipinski definition) is 6. The number of nitrogens with zero attached hydrogens (tertiary/aromatic N) is 2. The highest BCUT2D eigenvalue weighted by Gasteiger charge is 2.24. The molecule has 2 rings (SSSR count). The number of phenols is 1. The van der Waals surface area contributed by atoms with Gasteiger partial charge >= 0.3 is 0 Å². The summed E-state index contributed by atoms with van der Waals surface area (Å²) in [5.74, 6) is 0.885. The molecule has 1 heterocycles. The van der Waals surface area contributed by atoms with Crippen molar-refractivity contribution in [3.8, 4) is 5.75 Å². The van der Waals surface area contributed by atoms with Crippen LogP contribution in [0.5, 0.6) is 5.75 Å². The number of carbonyl (C=O) groups excluding carboxylic acids is 1. The van der Waals surface area contributed by atoms with E-state index in [0.29, 0.717) is 37.8 Å². The molecular formula is C28H48N2O5. The Morgan fingerprint density at radius 1 is 1.17 bits per heavy atom. The van der Waals surface area contributed by atoms with Crippen LogP contribution in [0, 0.1) is 0 Å². The summed E-state index contributed by atoms with van der Waals surface area (Å²) in [6.07, 6.45) is 6.00. The number of likely N-dealkylation sites (tertiary alicyclic amines) is 1. The van der Waals surface area contributed by atoms with Crippen LogP contribution in [0.25, 0.3) is 0 Å². The van der Waals surface area contributed by atoms with Crippen LogP contribution in [0.1, 0.15) is 76.3 Å². The maximum atomic E-state index is 13.0. The Morgan fingerprint density at radius 2 is 1.89 bits per heavy atom. The van der Waals surface area contributed by atoms with E-state index in [2.05, 4.69) is 31.7 Å². The standard InChI is InChI=1S/C28H48N2O5/c1-6-8-9-22(3)30(21-28(33-4)34-5)27(32)15-19-35-18-14-23-10-11-26(31)25(20-23)24-12-16-29(7-2)17-13-24/h10-11,20,22,24,28,31H,6-9,12-19,21H2,1-5H3/t22-/m1/s1. The molecule has 0 saturated carbocycles. The van der Waals surface area contributed by atoms with Gasteiger partial charge < -0.3 is 29.1 Å². The summed E-state index contributed by atoms with van der Waals surface area (Å²) in [6, 6.07) is 6.07. The van der Waals surface area contributed by atoms with Gasteiger partial charge in [-0.25, -0.2) is 0 Å². The fourth-order valence-electron chi connectivity index (χ4n) is 4.83. The molecule has 0 unspecified atom stereocenters. The summed E-state index contributed by atoms with van der Waals surface area (Å²) in [5, 5.41) is 10.4. The van der Waals surface area contributed by atoms with E-state index in [0.717, 1.165) is 63.7 Å². The van der Waals surface area contributed by atoms with Crippen molar-refractivity contribution in [3.63, 3.8) is 0 Å². The van der Waals surface area contributed by atoms with E-state index < -0.39 is 6.29 Å². The molecule has 0 aliphatic carbocycles. The van der Waals surface area contributed by atoms with Crippen LogP contribution >= 0.6 is 0 Å². The molecule has 1 aromatic rings. The molecule has 1 atom stereocenters. The number of amides is 1. The van der Waals surface area contributed by atoms with E-state index in [4.69, 9.17) is 14.2 Å². The number of benzene rings is 1. The maximum Gasteiger partial charge on any atom is 0.225 e. The van der Waals surface area contributed by atoms with E-state index in [9.17, 15) is 9.90 Å². The van der Waals surface area contributed by atoms with Crippen molar-refractivity contribution in [1.82, 2.24) is 9.80 Å². The van der Waals surface area contributed by atoms with Gasteiger partial charge in [0.05, 0.1) is 26.2 Å². The van der Waals surface area contributed by atoms with E-state index in [1.807, 2.05) is 17.0 Å². The van der Waals surface area contributed by atoms with Gasteiger partial charge in [-0.05, 0) is 75.4 Å². The van der Waals surface area contributed by atoms with Gasteiger partial charge in [0.1, 0.15) is 5.75 Å². The number of ether oxygens (including phenoxy) is 3. The van der Waals surface area contributed by atoms with Gasteiger partial charge in [0.25, 0.3) is 0 Å². The van der Waals surface area contributed by atoms with Crippen molar-refractivity contribution in [2.75, 3.05) is 53.6 Å². The minimum atomic E-state index is -0.429. The van der Waals surface area contributed by atoms with Crippen LogP contribution in [0.2, 0.25) is 0 Å². The molecule has 1 amide bonds. The summed E-state index contributed by atoms with van der Waals surface area (Å²) >= 11 is 0. The predicted molar refractivity (Wildman–Crippen MR) is 140 cm³/mol. The first-order valence-corrected chi connectivity index (χ1v) is 13.4. The van der Waals surface area contributed by atoms with E-state index in [-0.39, 0.29) is 11.9 Å². The summed E-state index contributed by atoms with van der Waals surface area (Å²) in [4.78, 5) is 17.3. The molecule has 0 spiro atoms. The molecule has 7 nitrogen and oxygen atoms in total. The van der Waals surface area contributed by atoms with Crippen molar-refractivity contribution in [2.45, 2.75) is 84.0 Å². The monoisotopic (exact) mass is 492 g/mol. The Hall–Kier alpha value is -1.67. The third kappa shape index (κ3) is 9.71. The van der Waals surface area contributed by atoms with Crippen LogP contribution < -0.4 is 0 Å². The highest BCUT2D eigenvalue weighted by atomic mass is 16.7. The normalized spacial score (nSPS) is 16.1. The second-order valence-corrected chi connectivity index (χ2v) is 9.65. The molecule has 1 aliphatic heterocycles. The van der Waals surface area contributed by atoms with Gasteiger partial charge in [-0.3, -0.25) is 4.79 Å². The highest BCUT2D eigenvalue weighted by molar-refractivity contribution is 5.76. The Bertz CT molecular complexity index is 732. The number of piperidine rings is 1. The Kier molecular flexibility index (Phi) is 13.6. The second-order valence-electron chi connectivity index (χ2n) is 9.65. The number of aromatic hydroxyl groups is 1. The Morgan fingerprint density at radius 3 is 2.51 bits per heavy atom. The molecule has 1 fully saturated rings. The first-order valence-electron chi connectivity index (χ1n) is 13.4. The molecule has 0 bridgehead atoms. The van der Waals surface area contributed by atoms with E-state index >= 15 is 0 Å². The number of phenolic OH excluding ortho intramolecular Hbond substituents is 1. The lowest BCUT2D eigenvalue weighted by Crippen LogP contribution is -2.44. The fraction of sp³-hybridized carbons (Fsp3) is 0.750. The quantitative estimate of drug-likeness (QED) is 0.269. The molecule has 1 N–H and O–H groups in total. The van der Waals surface area contributed by atoms with Gasteiger partial charge in [0.2, 0.25) is 5.91 Å². The van der Waals surface area contributed by atoms with Crippen molar-refractivity contribution in [2.24, 2.45) is 0 Å². The van der Waals surface area contributed by atoms with Gasteiger partial charge in [0.15, 0.2) is 6.29 Å². The number of rotatable bonds is 16. The van der Waals surface area contributed by atoms with Crippen LogP contribution in [0.15, 0.2) is 18.2 Å². The smallest absolute Gasteiger partial charge is 0.225 e. The average Bonchev–Trinajstić information content (AvgIpc) is 2.88. The minimum Gasteiger partial charge on any atom is -0.508 e. The number of carbonyl (C=O) groups is 1. The van der Waals surface area contributed by atoms with Crippen molar-refractivity contribution in [1.29, 1.82) is 0 Å². The molecule has 35 heavy (non-hydrogen) atoms. The molecule has 1 saturated heterocycles. The first-order chi connectivity index (χ1) is 16.9. The number of hydrogen-bond donors (Lipinski definition) is 1. The lowest BCUT2D eigenvalue weighted by Gasteiger charge is -2.32. The average molecular weight is 493 g/mol. The molecule has 0 radical (unpaired) electrons. The zero-order valence-electron chi connectivity index (χ0n) is 22.6. The molecule has 1 aliphatic rings. The highest BCUT2D eigenvalue weighted by Crippen LogP contribution is 2.34. The second kappa shape index (κ2) is 16.1. The fourth-order valence-corrected chi connectivity index (χ4v) is 4.83. The molecular weight excluding hydrogens is 444 g/mol. The van der Waals surface area contributed by atoms with Gasteiger partial charge in [-0.15, -0.1) is 0 Å². The predicted octanol–water partition coefficient (Wildman–Crippen LogP) is 4.57. The van der Waals surface area contributed by atoms with Crippen LogP contribution in [0.4, 0.5) is 0 Å². The lowest BCUT2D eigenvalue weighted by atomic mass is 9.87. The maximum absolute atomic E-state index is 13.0. The molecule has 7 heteroatoms. The molecule has 0 aromatic heterocycles. The minimum absolute atomic E-state index is 0.0676. The first kappa shape index (κ1) is 29.6. The van der Waals surface area contributed by atoms with Crippen molar-refractivity contribution >= 4 is 5.91 Å². The van der Waals surface area contributed by atoms with E-state index in [1.165, 1.54) is 5.56 Å².